The van der Waals surface area contributed by atoms with Crippen molar-refractivity contribution in [3.05, 3.63) is 18.5 Å². The smallest absolute Gasteiger partial charge is 0.328 e. The number of carboxylic acid groups (broad SMARTS) is 1. The number of aromatic nitrogens is 3. The van der Waals surface area contributed by atoms with E-state index in [4.69, 9.17) is 5.11 Å². The van der Waals surface area contributed by atoms with Crippen LogP contribution in [-0.2, 0) is 9.59 Å². The quantitative estimate of drug-likeness (QED) is 0.540. The molecule has 0 bridgehead atoms. The molecular weight excluding hydrogens is 176 g/mol. The van der Waals surface area contributed by atoms with E-state index in [0.717, 1.165) is 12.2 Å². The molecule has 0 atom stereocenters. The van der Waals surface area contributed by atoms with Crippen molar-refractivity contribution in [2.24, 2.45) is 0 Å². The van der Waals surface area contributed by atoms with Gasteiger partial charge in [0.1, 0.15) is 6.33 Å². The third-order valence-corrected chi connectivity index (χ3v) is 1.03. The minimum atomic E-state index is -1.19. The summed E-state index contributed by atoms with van der Waals surface area (Å²) in [6.45, 7) is 0. The predicted molar refractivity (Wildman–Crippen MR) is 41.8 cm³/mol. The Hall–Kier alpha value is -2.18. The number of rotatable bonds is 3. The van der Waals surface area contributed by atoms with Crippen molar-refractivity contribution in [3.63, 3.8) is 0 Å². The molecule has 0 radical (unpaired) electrons. The van der Waals surface area contributed by atoms with E-state index in [0.29, 0.717) is 0 Å². The van der Waals surface area contributed by atoms with E-state index in [1.165, 1.54) is 6.33 Å². The van der Waals surface area contributed by atoms with Gasteiger partial charge in [0.2, 0.25) is 5.95 Å². The van der Waals surface area contributed by atoms with E-state index in [9.17, 15) is 9.59 Å². The number of hydrogen-bond acceptors (Lipinski definition) is 4. The van der Waals surface area contributed by atoms with Gasteiger partial charge in [-0.2, -0.15) is 10.1 Å². The van der Waals surface area contributed by atoms with Crippen LogP contribution in [0.25, 0.3) is 0 Å². The van der Waals surface area contributed by atoms with Crippen molar-refractivity contribution in [2.75, 3.05) is 5.32 Å². The minimum Gasteiger partial charge on any atom is -0.478 e. The number of nitrogens with one attached hydrogen (secondary N) is 2. The van der Waals surface area contributed by atoms with Gasteiger partial charge in [-0.3, -0.25) is 10.1 Å². The minimum absolute atomic E-state index is 0.167. The van der Waals surface area contributed by atoms with Gasteiger partial charge in [0.05, 0.1) is 0 Å². The number of carbonyl (C=O) groups excluding carboxylic acids is 1. The summed E-state index contributed by atoms with van der Waals surface area (Å²) < 4.78 is 0. The van der Waals surface area contributed by atoms with Gasteiger partial charge in [-0.1, -0.05) is 0 Å². The monoisotopic (exact) mass is 182 g/mol. The highest BCUT2D eigenvalue weighted by Gasteiger charge is 1.99. The molecule has 0 saturated carbocycles. The maximum atomic E-state index is 10.9. The first-order chi connectivity index (χ1) is 6.18. The van der Waals surface area contributed by atoms with Crippen molar-refractivity contribution in [1.82, 2.24) is 15.2 Å². The molecule has 0 saturated heterocycles. The molecule has 68 valence electrons. The van der Waals surface area contributed by atoms with Crippen LogP contribution in [0.5, 0.6) is 0 Å². The number of H-pyrrole nitrogens is 1. The van der Waals surface area contributed by atoms with Gasteiger partial charge < -0.3 is 5.11 Å². The summed E-state index contributed by atoms with van der Waals surface area (Å²) in [4.78, 5) is 24.5. The van der Waals surface area contributed by atoms with Crippen LogP contribution >= 0.6 is 0 Å². The van der Waals surface area contributed by atoms with Gasteiger partial charge >= 0.3 is 5.97 Å². The number of hydrogen-bond donors (Lipinski definition) is 3. The molecule has 1 aromatic heterocycles. The fraction of sp³-hybridized carbons (Fsp3) is 0. The van der Waals surface area contributed by atoms with Gasteiger partial charge in [-0.05, 0) is 0 Å². The Morgan fingerprint density at radius 1 is 1.54 bits per heavy atom. The summed E-state index contributed by atoms with van der Waals surface area (Å²) in [5.74, 6) is -1.60. The number of carboxylic acids is 1. The van der Waals surface area contributed by atoms with E-state index in [-0.39, 0.29) is 5.95 Å². The Morgan fingerprint density at radius 2 is 2.31 bits per heavy atom. The van der Waals surface area contributed by atoms with Crippen LogP contribution < -0.4 is 5.32 Å². The highest BCUT2D eigenvalue weighted by atomic mass is 16.4. The van der Waals surface area contributed by atoms with Crippen LogP contribution in [0.3, 0.4) is 0 Å². The second-order valence-corrected chi connectivity index (χ2v) is 1.99. The van der Waals surface area contributed by atoms with E-state index in [2.05, 4.69) is 20.5 Å². The van der Waals surface area contributed by atoms with Gasteiger partial charge in [-0.25, -0.2) is 9.89 Å². The van der Waals surface area contributed by atoms with Crippen LogP contribution in [0.2, 0.25) is 0 Å². The first-order valence-corrected chi connectivity index (χ1v) is 3.26. The van der Waals surface area contributed by atoms with E-state index in [1.807, 2.05) is 0 Å². The SMILES string of the molecule is O=C(O)/C=C/C(=O)Nc1ncn[nH]1. The summed E-state index contributed by atoms with van der Waals surface area (Å²) in [5, 5.41) is 16.3. The molecule has 0 aromatic carbocycles. The van der Waals surface area contributed by atoms with Crippen LogP contribution in [0.15, 0.2) is 18.5 Å². The Labute approximate surface area is 72.5 Å². The zero-order valence-corrected chi connectivity index (χ0v) is 6.39. The number of aromatic amines is 1. The van der Waals surface area contributed by atoms with Gasteiger partial charge in [-0.15, -0.1) is 0 Å². The van der Waals surface area contributed by atoms with Crippen molar-refractivity contribution in [3.8, 4) is 0 Å². The molecule has 3 N–H and O–H groups in total. The topological polar surface area (TPSA) is 108 Å². The molecule has 0 unspecified atom stereocenters. The summed E-state index contributed by atoms with van der Waals surface area (Å²) in [7, 11) is 0. The van der Waals surface area contributed by atoms with Crippen LogP contribution in [0.1, 0.15) is 0 Å². The molecular formula is C6H6N4O3. The van der Waals surface area contributed by atoms with Gasteiger partial charge in [0.15, 0.2) is 0 Å². The molecule has 13 heavy (non-hydrogen) atoms. The zero-order valence-electron chi connectivity index (χ0n) is 6.39. The number of nitrogens with zero attached hydrogens (tertiary/aromatic N) is 2. The van der Waals surface area contributed by atoms with Crippen LogP contribution in [0, 0.1) is 0 Å². The third-order valence-electron chi connectivity index (χ3n) is 1.03. The van der Waals surface area contributed by atoms with Crippen molar-refractivity contribution >= 4 is 17.8 Å². The summed E-state index contributed by atoms with van der Waals surface area (Å²) in [6, 6.07) is 0. The molecule has 7 heteroatoms. The highest BCUT2D eigenvalue weighted by molar-refractivity contribution is 6.01. The molecule has 0 spiro atoms. The molecule has 1 heterocycles. The Kier molecular flexibility index (Phi) is 2.74. The average molecular weight is 182 g/mol. The normalized spacial score (nSPS) is 10.2. The molecule has 0 fully saturated rings. The average Bonchev–Trinajstić information content (AvgIpc) is 2.53. The molecule has 1 rings (SSSR count). The highest BCUT2D eigenvalue weighted by Crippen LogP contribution is 1.91. The van der Waals surface area contributed by atoms with E-state index >= 15 is 0 Å². The molecule has 0 aliphatic rings. The fourth-order valence-corrected chi connectivity index (χ4v) is 0.571. The maximum absolute atomic E-state index is 10.9. The van der Waals surface area contributed by atoms with Gasteiger partial charge in [0.25, 0.3) is 5.91 Å². The lowest BCUT2D eigenvalue weighted by Gasteiger charge is -1.93. The Bertz CT molecular complexity index is 330. The number of carbonyl (C=O) groups is 2. The number of anilines is 1. The van der Waals surface area contributed by atoms with Crippen LogP contribution in [-0.4, -0.2) is 32.2 Å². The third kappa shape index (κ3) is 3.14. The molecule has 1 amide bonds. The van der Waals surface area contributed by atoms with Crippen LogP contribution in [0.4, 0.5) is 5.95 Å². The van der Waals surface area contributed by atoms with E-state index < -0.39 is 11.9 Å². The summed E-state index contributed by atoms with van der Waals surface area (Å²) in [5.41, 5.74) is 0. The number of amides is 1. The summed E-state index contributed by atoms with van der Waals surface area (Å²) in [6.07, 6.45) is 2.83. The lowest BCUT2D eigenvalue weighted by molar-refractivity contribution is -0.131. The standard InChI is InChI=1S/C6H6N4O3/c11-4(1-2-5(12)13)9-6-7-3-8-10-6/h1-3H,(H,12,13)(H2,7,8,9,10,11)/b2-1+. The Balaban J connectivity index is 2.47. The Morgan fingerprint density at radius 3 is 2.85 bits per heavy atom. The molecule has 7 nitrogen and oxygen atoms in total. The molecule has 0 aliphatic carbocycles. The van der Waals surface area contributed by atoms with Gasteiger partial charge in [0, 0.05) is 12.2 Å². The van der Waals surface area contributed by atoms with Crippen molar-refractivity contribution in [1.29, 1.82) is 0 Å². The second kappa shape index (κ2) is 4.00. The number of aliphatic carboxylic acids is 1. The molecule has 0 aliphatic heterocycles. The van der Waals surface area contributed by atoms with E-state index in [1.54, 1.807) is 0 Å². The molecule has 1 aromatic rings. The van der Waals surface area contributed by atoms with Crippen molar-refractivity contribution in [2.45, 2.75) is 0 Å². The first-order valence-electron chi connectivity index (χ1n) is 3.26. The maximum Gasteiger partial charge on any atom is 0.328 e. The van der Waals surface area contributed by atoms with Crippen molar-refractivity contribution < 1.29 is 14.7 Å². The predicted octanol–water partition coefficient (Wildman–Crippen LogP) is -0.616. The lowest BCUT2D eigenvalue weighted by Crippen LogP contribution is -2.09. The lowest BCUT2D eigenvalue weighted by atomic mass is 10.5. The summed E-state index contributed by atoms with van der Waals surface area (Å²) >= 11 is 0. The second-order valence-electron chi connectivity index (χ2n) is 1.99. The first kappa shape index (κ1) is 8.91. The largest absolute Gasteiger partial charge is 0.478 e. The fourth-order valence-electron chi connectivity index (χ4n) is 0.571. The zero-order chi connectivity index (χ0) is 9.68.